The van der Waals surface area contributed by atoms with E-state index in [0.717, 1.165) is 32.4 Å². The predicted molar refractivity (Wildman–Crippen MR) is 70.1 cm³/mol. The largest absolute Gasteiger partial charge is 0.416 e. The first-order chi connectivity index (χ1) is 9.04. The van der Waals surface area contributed by atoms with Gasteiger partial charge in [0, 0.05) is 0 Å². The Bertz CT molecular complexity index is 412. The van der Waals surface area contributed by atoms with Crippen LogP contribution in [-0.4, -0.2) is 13.1 Å². The summed E-state index contributed by atoms with van der Waals surface area (Å²) in [7, 11) is 0. The van der Waals surface area contributed by atoms with E-state index in [1.807, 2.05) is 0 Å². The molecule has 1 heterocycles. The van der Waals surface area contributed by atoms with Crippen LogP contribution >= 0.6 is 0 Å². The van der Waals surface area contributed by atoms with Gasteiger partial charge >= 0.3 is 6.18 Å². The van der Waals surface area contributed by atoms with Crippen molar-refractivity contribution >= 4 is 0 Å². The molecule has 1 aromatic rings. The Kier molecular flexibility index (Phi) is 4.50. The molecule has 1 fully saturated rings. The zero-order valence-corrected chi connectivity index (χ0v) is 11.1. The average Bonchev–Trinajstić information content (AvgIpc) is 2.39. The highest BCUT2D eigenvalue weighted by Gasteiger charge is 2.37. The molecular weight excluding hydrogens is 251 g/mol. The molecule has 2 atom stereocenters. The van der Waals surface area contributed by atoms with E-state index in [2.05, 4.69) is 12.2 Å². The third-order valence-electron chi connectivity index (χ3n) is 3.93. The van der Waals surface area contributed by atoms with Crippen molar-refractivity contribution in [3.05, 3.63) is 35.4 Å². The van der Waals surface area contributed by atoms with Crippen molar-refractivity contribution in [3.8, 4) is 0 Å². The Morgan fingerprint density at radius 1 is 1.26 bits per heavy atom. The number of rotatable bonds is 3. The number of hydrogen-bond acceptors (Lipinski definition) is 1. The Balaban J connectivity index is 2.33. The fourth-order valence-electron chi connectivity index (χ4n) is 3.08. The molecule has 1 aliphatic rings. The van der Waals surface area contributed by atoms with Gasteiger partial charge in [-0.2, -0.15) is 13.2 Å². The Labute approximate surface area is 112 Å². The minimum atomic E-state index is -4.25. The maximum atomic E-state index is 13.1. The number of alkyl halides is 3. The molecule has 0 radical (unpaired) electrons. The lowest BCUT2D eigenvalue weighted by Gasteiger charge is -2.34. The first-order valence-corrected chi connectivity index (χ1v) is 6.91. The number of hydrogen-bond donors (Lipinski definition) is 1. The van der Waals surface area contributed by atoms with Crippen molar-refractivity contribution in [3.63, 3.8) is 0 Å². The Hall–Kier alpha value is -1.03. The maximum absolute atomic E-state index is 13.1. The van der Waals surface area contributed by atoms with E-state index in [9.17, 15) is 13.2 Å². The molecule has 0 amide bonds. The summed E-state index contributed by atoms with van der Waals surface area (Å²) in [6.45, 7) is 3.71. The number of piperidine rings is 1. The van der Waals surface area contributed by atoms with Gasteiger partial charge in [-0.25, -0.2) is 0 Å². The second-order valence-corrected chi connectivity index (χ2v) is 5.23. The van der Waals surface area contributed by atoms with Gasteiger partial charge in [-0.1, -0.05) is 31.5 Å². The van der Waals surface area contributed by atoms with Crippen LogP contribution in [0.3, 0.4) is 0 Å². The van der Waals surface area contributed by atoms with Crippen molar-refractivity contribution in [2.45, 2.75) is 38.3 Å². The second-order valence-electron chi connectivity index (χ2n) is 5.23. The fraction of sp³-hybridized carbons (Fsp3) is 0.600. The van der Waals surface area contributed by atoms with Crippen LogP contribution in [0, 0.1) is 5.92 Å². The SMILES string of the molecule is CCCC1CNCCC1c1ccccc1C(F)(F)F. The lowest BCUT2D eigenvalue weighted by Crippen LogP contribution is -2.36. The van der Waals surface area contributed by atoms with Crippen molar-refractivity contribution in [2.75, 3.05) is 13.1 Å². The molecule has 0 bridgehead atoms. The smallest absolute Gasteiger partial charge is 0.316 e. The van der Waals surface area contributed by atoms with E-state index in [1.54, 1.807) is 12.1 Å². The summed E-state index contributed by atoms with van der Waals surface area (Å²) in [6.07, 6.45) is -1.48. The van der Waals surface area contributed by atoms with Crippen LogP contribution in [0.15, 0.2) is 24.3 Å². The Morgan fingerprint density at radius 2 is 2.00 bits per heavy atom. The summed E-state index contributed by atoms with van der Waals surface area (Å²) < 4.78 is 39.3. The molecule has 106 valence electrons. The molecule has 1 N–H and O–H groups in total. The molecule has 0 saturated carbocycles. The van der Waals surface area contributed by atoms with E-state index in [0.29, 0.717) is 11.5 Å². The predicted octanol–water partition coefficient (Wildman–Crippen LogP) is 4.20. The summed E-state index contributed by atoms with van der Waals surface area (Å²) in [6, 6.07) is 6.06. The molecule has 1 nitrogen and oxygen atoms in total. The zero-order valence-electron chi connectivity index (χ0n) is 11.1. The van der Waals surface area contributed by atoms with E-state index in [-0.39, 0.29) is 5.92 Å². The minimum absolute atomic E-state index is 0.0269. The normalized spacial score (nSPS) is 24.4. The molecular formula is C15H20F3N. The molecule has 1 aliphatic heterocycles. The monoisotopic (exact) mass is 271 g/mol. The second kappa shape index (κ2) is 5.95. The van der Waals surface area contributed by atoms with Crippen molar-refractivity contribution in [2.24, 2.45) is 5.92 Å². The van der Waals surface area contributed by atoms with Crippen molar-refractivity contribution in [1.82, 2.24) is 5.32 Å². The van der Waals surface area contributed by atoms with Gasteiger partial charge in [0.25, 0.3) is 0 Å². The highest BCUT2D eigenvalue weighted by atomic mass is 19.4. The van der Waals surface area contributed by atoms with E-state index < -0.39 is 11.7 Å². The number of nitrogens with one attached hydrogen (secondary N) is 1. The summed E-state index contributed by atoms with van der Waals surface area (Å²) in [5.74, 6) is 0.335. The number of benzene rings is 1. The van der Waals surface area contributed by atoms with Crippen LogP contribution in [0.25, 0.3) is 0 Å². The van der Waals surface area contributed by atoms with E-state index in [4.69, 9.17) is 0 Å². The van der Waals surface area contributed by atoms with E-state index in [1.165, 1.54) is 12.1 Å². The quantitative estimate of drug-likeness (QED) is 0.868. The molecule has 1 saturated heterocycles. The van der Waals surface area contributed by atoms with E-state index >= 15 is 0 Å². The van der Waals surface area contributed by atoms with Crippen LogP contribution in [0.5, 0.6) is 0 Å². The highest BCUT2D eigenvalue weighted by Crippen LogP contribution is 2.40. The van der Waals surface area contributed by atoms with Crippen LogP contribution in [0.4, 0.5) is 13.2 Å². The summed E-state index contributed by atoms with van der Waals surface area (Å²) in [5.41, 5.74) is 0.0259. The van der Waals surface area contributed by atoms with Gasteiger partial charge in [-0.3, -0.25) is 0 Å². The molecule has 1 aromatic carbocycles. The summed E-state index contributed by atoms with van der Waals surface area (Å²) >= 11 is 0. The third kappa shape index (κ3) is 3.30. The first kappa shape index (κ1) is 14.4. The standard InChI is InChI=1S/C15H20F3N/c1-2-5-11-10-19-9-8-12(11)13-6-3-4-7-14(13)15(16,17)18/h3-4,6-7,11-12,19H,2,5,8-10H2,1H3. The molecule has 2 rings (SSSR count). The van der Waals surface area contributed by atoms with Crippen molar-refractivity contribution < 1.29 is 13.2 Å². The van der Waals surface area contributed by atoms with Crippen LogP contribution < -0.4 is 5.32 Å². The molecule has 2 unspecified atom stereocenters. The van der Waals surface area contributed by atoms with Gasteiger partial charge in [-0.05, 0) is 49.4 Å². The molecule has 0 aliphatic carbocycles. The van der Waals surface area contributed by atoms with Gasteiger partial charge in [-0.15, -0.1) is 0 Å². The molecule has 0 aromatic heterocycles. The highest BCUT2D eigenvalue weighted by molar-refractivity contribution is 5.33. The molecule has 4 heteroatoms. The van der Waals surface area contributed by atoms with Crippen molar-refractivity contribution in [1.29, 1.82) is 0 Å². The molecule has 0 spiro atoms. The minimum Gasteiger partial charge on any atom is -0.316 e. The first-order valence-electron chi connectivity index (χ1n) is 6.91. The van der Waals surface area contributed by atoms with Gasteiger partial charge in [0.1, 0.15) is 0 Å². The van der Waals surface area contributed by atoms with Crippen LogP contribution in [-0.2, 0) is 6.18 Å². The number of halogens is 3. The molecule has 19 heavy (non-hydrogen) atoms. The fourth-order valence-corrected chi connectivity index (χ4v) is 3.08. The van der Waals surface area contributed by atoms with Gasteiger partial charge in [0.15, 0.2) is 0 Å². The third-order valence-corrected chi connectivity index (χ3v) is 3.93. The van der Waals surface area contributed by atoms with Crippen LogP contribution in [0.2, 0.25) is 0 Å². The lowest BCUT2D eigenvalue weighted by molar-refractivity contribution is -0.138. The zero-order chi connectivity index (χ0) is 13.9. The summed E-state index contributed by atoms with van der Waals surface area (Å²) in [4.78, 5) is 0. The average molecular weight is 271 g/mol. The maximum Gasteiger partial charge on any atom is 0.416 e. The van der Waals surface area contributed by atoms with Gasteiger partial charge < -0.3 is 5.32 Å². The summed E-state index contributed by atoms with van der Waals surface area (Å²) in [5, 5.41) is 3.30. The van der Waals surface area contributed by atoms with Gasteiger partial charge in [0.2, 0.25) is 0 Å². The van der Waals surface area contributed by atoms with Gasteiger partial charge in [0.05, 0.1) is 5.56 Å². The Morgan fingerprint density at radius 3 is 2.68 bits per heavy atom. The topological polar surface area (TPSA) is 12.0 Å². The van der Waals surface area contributed by atoms with Crippen LogP contribution in [0.1, 0.15) is 43.2 Å². The lowest BCUT2D eigenvalue weighted by atomic mass is 9.77.